The van der Waals surface area contributed by atoms with Crippen LogP contribution in [0.5, 0.6) is 0 Å². The Morgan fingerprint density at radius 1 is 1.20 bits per heavy atom. The van der Waals surface area contributed by atoms with Crippen molar-refractivity contribution in [3.05, 3.63) is 0 Å². The van der Waals surface area contributed by atoms with Gasteiger partial charge in [0.05, 0.1) is 0 Å². The topological polar surface area (TPSA) is 46.5 Å². The van der Waals surface area contributed by atoms with Gasteiger partial charge in [-0.2, -0.15) is 0 Å². The van der Waals surface area contributed by atoms with Crippen LogP contribution in [0.4, 0.5) is 0 Å². The molecule has 0 unspecified atom stereocenters. The predicted octanol–water partition coefficient (Wildman–Crippen LogP) is 3.23. The first-order valence-corrected chi connectivity index (χ1v) is 5.94. The number of carboxylic acids is 1. The van der Waals surface area contributed by atoms with E-state index in [9.17, 15) is 4.79 Å². The first-order valence-electron chi connectivity index (χ1n) is 5.94. The van der Waals surface area contributed by atoms with Gasteiger partial charge in [-0.05, 0) is 19.8 Å². The second-order valence-electron chi connectivity index (χ2n) is 4.20. The zero-order valence-corrected chi connectivity index (χ0v) is 10.2. The van der Waals surface area contributed by atoms with Gasteiger partial charge < -0.3 is 9.84 Å². The maximum atomic E-state index is 11.1. The van der Waals surface area contributed by atoms with Crippen molar-refractivity contribution in [2.75, 3.05) is 6.61 Å². The van der Waals surface area contributed by atoms with Crippen molar-refractivity contribution in [3.8, 4) is 0 Å². The largest absolute Gasteiger partial charge is 0.479 e. The van der Waals surface area contributed by atoms with Crippen molar-refractivity contribution in [2.45, 2.75) is 64.9 Å². The van der Waals surface area contributed by atoms with Crippen LogP contribution < -0.4 is 0 Å². The van der Waals surface area contributed by atoms with E-state index >= 15 is 0 Å². The lowest BCUT2D eigenvalue weighted by Gasteiger charge is -2.25. The Kier molecular flexibility index (Phi) is 7.39. The molecular weight excluding hydrogens is 192 g/mol. The van der Waals surface area contributed by atoms with Crippen LogP contribution in [-0.4, -0.2) is 23.3 Å². The van der Waals surface area contributed by atoms with Gasteiger partial charge in [0, 0.05) is 6.61 Å². The third kappa shape index (κ3) is 5.78. The Hall–Kier alpha value is -0.570. The van der Waals surface area contributed by atoms with Crippen molar-refractivity contribution in [3.63, 3.8) is 0 Å². The third-order valence-electron chi connectivity index (χ3n) is 2.63. The molecule has 0 bridgehead atoms. The van der Waals surface area contributed by atoms with E-state index < -0.39 is 11.6 Å². The summed E-state index contributed by atoms with van der Waals surface area (Å²) in [4.78, 5) is 11.1. The highest BCUT2D eigenvalue weighted by molar-refractivity contribution is 5.76. The van der Waals surface area contributed by atoms with Crippen LogP contribution in [0.25, 0.3) is 0 Å². The molecule has 0 radical (unpaired) electrons. The van der Waals surface area contributed by atoms with E-state index in [-0.39, 0.29) is 0 Å². The van der Waals surface area contributed by atoms with Crippen LogP contribution in [0, 0.1) is 0 Å². The fraction of sp³-hybridized carbons (Fsp3) is 0.917. The SMILES string of the molecule is CCCCCO[C@](C)(CCCC)C(=O)O. The first kappa shape index (κ1) is 14.4. The minimum atomic E-state index is -0.982. The van der Waals surface area contributed by atoms with Crippen molar-refractivity contribution in [1.82, 2.24) is 0 Å². The molecule has 0 aromatic carbocycles. The highest BCUT2D eigenvalue weighted by Crippen LogP contribution is 2.19. The molecule has 0 amide bonds. The molecule has 0 spiro atoms. The van der Waals surface area contributed by atoms with Crippen LogP contribution in [0.2, 0.25) is 0 Å². The number of aliphatic carboxylic acids is 1. The quantitative estimate of drug-likeness (QED) is 0.602. The normalized spacial score (nSPS) is 14.9. The molecule has 0 aromatic heterocycles. The van der Waals surface area contributed by atoms with Gasteiger partial charge in [-0.25, -0.2) is 4.79 Å². The lowest BCUT2D eigenvalue weighted by molar-refractivity contribution is -0.164. The molecule has 0 saturated carbocycles. The minimum absolute atomic E-state index is 0.556. The molecular formula is C12H24O3. The number of hydrogen-bond donors (Lipinski definition) is 1. The van der Waals surface area contributed by atoms with Gasteiger partial charge in [0.1, 0.15) is 0 Å². The number of carboxylic acid groups (broad SMARTS) is 1. The average Bonchev–Trinajstić information content (AvgIpc) is 2.21. The Bertz CT molecular complexity index is 180. The van der Waals surface area contributed by atoms with Crippen molar-refractivity contribution >= 4 is 5.97 Å². The summed E-state index contributed by atoms with van der Waals surface area (Å²) in [6.45, 7) is 6.41. The van der Waals surface area contributed by atoms with Gasteiger partial charge in [0.15, 0.2) is 5.60 Å². The van der Waals surface area contributed by atoms with E-state index in [1.807, 2.05) is 0 Å². The molecule has 15 heavy (non-hydrogen) atoms. The van der Waals surface area contributed by atoms with Crippen LogP contribution >= 0.6 is 0 Å². The van der Waals surface area contributed by atoms with Crippen molar-refractivity contribution < 1.29 is 14.6 Å². The molecule has 3 nitrogen and oxygen atoms in total. The van der Waals surface area contributed by atoms with Crippen molar-refractivity contribution in [1.29, 1.82) is 0 Å². The summed E-state index contributed by atoms with van der Waals surface area (Å²) in [5.41, 5.74) is -0.982. The van der Waals surface area contributed by atoms with E-state index in [0.29, 0.717) is 13.0 Å². The smallest absolute Gasteiger partial charge is 0.335 e. The third-order valence-corrected chi connectivity index (χ3v) is 2.63. The lowest BCUT2D eigenvalue weighted by atomic mass is 9.99. The molecule has 1 atom stereocenters. The van der Waals surface area contributed by atoms with Gasteiger partial charge in [-0.3, -0.25) is 0 Å². The van der Waals surface area contributed by atoms with Crippen molar-refractivity contribution in [2.24, 2.45) is 0 Å². The maximum Gasteiger partial charge on any atom is 0.335 e. The monoisotopic (exact) mass is 216 g/mol. The summed E-state index contributed by atoms with van der Waals surface area (Å²) in [5, 5.41) is 9.09. The molecule has 0 fully saturated rings. The molecule has 0 aliphatic heterocycles. The number of rotatable bonds is 9. The maximum absolute atomic E-state index is 11.1. The van der Waals surface area contributed by atoms with Crippen LogP contribution in [-0.2, 0) is 9.53 Å². The predicted molar refractivity (Wildman–Crippen MR) is 61.0 cm³/mol. The fourth-order valence-electron chi connectivity index (χ4n) is 1.40. The van der Waals surface area contributed by atoms with E-state index in [4.69, 9.17) is 9.84 Å². The van der Waals surface area contributed by atoms with Gasteiger partial charge in [-0.15, -0.1) is 0 Å². The first-order chi connectivity index (χ1) is 7.06. The zero-order valence-electron chi connectivity index (χ0n) is 10.2. The number of unbranched alkanes of at least 4 members (excludes halogenated alkanes) is 3. The van der Waals surface area contributed by atoms with E-state index in [0.717, 1.165) is 32.1 Å². The van der Waals surface area contributed by atoms with Gasteiger partial charge in [0.25, 0.3) is 0 Å². The number of hydrogen-bond acceptors (Lipinski definition) is 2. The van der Waals surface area contributed by atoms with Gasteiger partial charge in [-0.1, -0.05) is 39.5 Å². The average molecular weight is 216 g/mol. The molecule has 0 aromatic rings. The molecule has 3 heteroatoms. The van der Waals surface area contributed by atoms with Crippen LogP contribution in [0.1, 0.15) is 59.3 Å². The highest BCUT2D eigenvalue weighted by atomic mass is 16.5. The second-order valence-corrected chi connectivity index (χ2v) is 4.20. The standard InChI is InChI=1S/C12H24O3/c1-4-6-8-10-15-12(3,11(13)14)9-7-5-2/h4-10H2,1-3H3,(H,13,14)/t12-/m1/s1. The van der Waals surface area contributed by atoms with E-state index in [1.54, 1.807) is 6.92 Å². The Morgan fingerprint density at radius 2 is 1.80 bits per heavy atom. The molecule has 0 aliphatic rings. The summed E-state index contributed by atoms with van der Waals surface area (Å²) < 4.78 is 5.50. The summed E-state index contributed by atoms with van der Waals surface area (Å²) in [7, 11) is 0. The number of ether oxygens (including phenoxy) is 1. The minimum Gasteiger partial charge on any atom is -0.479 e. The Balaban J connectivity index is 3.96. The summed E-state index contributed by atoms with van der Waals surface area (Å²) in [6, 6.07) is 0. The molecule has 90 valence electrons. The fourth-order valence-corrected chi connectivity index (χ4v) is 1.40. The summed E-state index contributed by atoms with van der Waals surface area (Å²) >= 11 is 0. The van der Waals surface area contributed by atoms with Gasteiger partial charge >= 0.3 is 5.97 Å². The summed E-state index contributed by atoms with van der Waals surface area (Å²) in [6.07, 6.45) is 5.68. The van der Waals surface area contributed by atoms with E-state index in [2.05, 4.69) is 13.8 Å². The lowest BCUT2D eigenvalue weighted by Crippen LogP contribution is -2.38. The van der Waals surface area contributed by atoms with Crippen LogP contribution in [0.3, 0.4) is 0 Å². The molecule has 1 N–H and O–H groups in total. The second kappa shape index (κ2) is 7.69. The summed E-state index contributed by atoms with van der Waals surface area (Å²) in [5.74, 6) is -0.840. The zero-order chi connectivity index (χ0) is 11.7. The Morgan fingerprint density at radius 3 is 2.27 bits per heavy atom. The van der Waals surface area contributed by atoms with Crippen LogP contribution in [0.15, 0.2) is 0 Å². The number of carbonyl (C=O) groups is 1. The van der Waals surface area contributed by atoms with E-state index in [1.165, 1.54) is 0 Å². The molecule has 0 heterocycles. The highest BCUT2D eigenvalue weighted by Gasteiger charge is 2.33. The molecule has 0 aliphatic carbocycles. The Labute approximate surface area is 92.8 Å². The van der Waals surface area contributed by atoms with Gasteiger partial charge in [0.2, 0.25) is 0 Å². The molecule has 0 saturated heterocycles. The molecule has 0 rings (SSSR count).